The molecule has 0 aromatic rings. The Kier molecular flexibility index (Phi) is 2.86. The Bertz CT molecular complexity index is 287. The maximum Gasteiger partial charge on any atom is 0.320 e. The quantitative estimate of drug-likeness (QED) is 0.729. The lowest BCUT2D eigenvalue weighted by Crippen LogP contribution is -2.57. The highest BCUT2D eigenvalue weighted by Crippen LogP contribution is 2.37. The fourth-order valence-corrected chi connectivity index (χ4v) is 2.43. The summed E-state index contributed by atoms with van der Waals surface area (Å²) in [7, 11) is 0. The average molecular weight is 226 g/mol. The molecule has 2 saturated heterocycles. The molecule has 0 saturated carbocycles. The van der Waals surface area contributed by atoms with Gasteiger partial charge in [-0.15, -0.1) is 0 Å². The predicted octanol–water partition coefficient (Wildman–Crippen LogP) is 1.15. The number of nitrogens with zero attached hydrogens (tertiary/aromatic N) is 2. The van der Waals surface area contributed by atoms with E-state index in [4.69, 9.17) is 0 Å². The van der Waals surface area contributed by atoms with Crippen LogP contribution in [0.2, 0.25) is 0 Å². The Hall–Kier alpha value is -0.770. The van der Waals surface area contributed by atoms with Crippen LogP contribution in [0.3, 0.4) is 0 Å². The van der Waals surface area contributed by atoms with E-state index >= 15 is 0 Å². The molecule has 0 aromatic carbocycles. The highest BCUT2D eigenvalue weighted by molar-refractivity contribution is 5.75. The summed E-state index contributed by atoms with van der Waals surface area (Å²) in [6, 6.07) is 0.106. The van der Waals surface area contributed by atoms with Gasteiger partial charge >= 0.3 is 6.03 Å². The Morgan fingerprint density at radius 1 is 1.38 bits per heavy atom. The van der Waals surface area contributed by atoms with Crippen molar-refractivity contribution >= 4 is 6.03 Å². The summed E-state index contributed by atoms with van der Waals surface area (Å²) >= 11 is 0. The van der Waals surface area contributed by atoms with E-state index in [2.05, 4.69) is 20.8 Å². The van der Waals surface area contributed by atoms with E-state index in [0.29, 0.717) is 19.0 Å². The van der Waals surface area contributed by atoms with Crippen molar-refractivity contribution in [3.05, 3.63) is 0 Å². The number of amides is 2. The van der Waals surface area contributed by atoms with Crippen molar-refractivity contribution in [2.45, 2.75) is 33.3 Å². The fraction of sp³-hybridized carbons (Fsp3) is 0.917. The van der Waals surface area contributed by atoms with E-state index in [9.17, 15) is 9.90 Å². The van der Waals surface area contributed by atoms with Crippen LogP contribution in [0.5, 0.6) is 0 Å². The maximum absolute atomic E-state index is 12.0. The molecule has 0 radical (unpaired) electrons. The zero-order valence-corrected chi connectivity index (χ0v) is 10.4. The summed E-state index contributed by atoms with van der Waals surface area (Å²) in [5, 5.41) is 9.19. The highest BCUT2D eigenvalue weighted by Gasteiger charge is 2.41. The number of urea groups is 1. The van der Waals surface area contributed by atoms with Crippen LogP contribution >= 0.6 is 0 Å². The smallest absolute Gasteiger partial charge is 0.320 e. The topological polar surface area (TPSA) is 43.8 Å². The van der Waals surface area contributed by atoms with Gasteiger partial charge in [0, 0.05) is 13.1 Å². The van der Waals surface area contributed by atoms with Gasteiger partial charge in [0.05, 0.1) is 19.2 Å². The molecule has 1 N–H and O–H groups in total. The number of rotatable bonds is 1. The molecule has 16 heavy (non-hydrogen) atoms. The predicted molar refractivity (Wildman–Crippen MR) is 62.1 cm³/mol. The molecule has 0 aromatic heterocycles. The molecule has 0 bridgehead atoms. The number of likely N-dealkylation sites (tertiary alicyclic amines) is 2. The second kappa shape index (κ2) is 3.91. The lowest BCUT2D eigenvalue weighted by atomic mass is 9.79. The summed E-state index contributed by atoms with van der Waals surface area (Å²) in [5.41, 5.74) is 0.263. The van der Waals surface area contributed by atoms with Gasteiger partial charge in [0.15, 0.2) is 0 Å². The zero-order valence-electron chi connectivity index (χ0n) is 10.4. The summed E-state index contributed by atoms with van der Waals surface area (Å²) in [6.07, 6.45) is 0.787. The third-order valence-corrected chi connectivity index (χ3v) is 4.30. The average Bonchev–Trinajstić information content (AvgIpc) is 2.57. The number of carbonyl (C=O) groups excluding carboxylic acids is 1. The molecule has 2 fully saturated rings. The van der Waals surface area contributed by atoms with Gasteiger partial charge < -0.3 is 14.9 Å². The first kappa shape index (κ1) is 11.7. The first-order valence-corrected chi connectivity index (χ1v) is 6.14. The fourth-order valence-electron chi connectivity index (χ4n) is 2.43. The van der Waals surface area contributed by atoms with E-state index in [1.807, 2.05) is 4.90 Å². The van der Waals surface area contributed by atoms with Crippen molar-refractivity contribution in [1.29, 1.82) is 0 Å². The molecule has 0 unspecified atom stereocenters. The van der Waals surface area contributed by atoms with Crippen molar-refractivity contribution in [1.82, 2.24) is 9.80 Å². The van der Waals surface area contributed by atoms with Gasteiger partial charge in [-0.25, -0.2) is 4.79 Å². The van der Waals surface area contributed by atoms with Crippen LogP contribution in [0.25, 0.3) is 0 Å². The molecule has 4 heteroatoms. The number of β-amino-alcohol motifs (C(OH)–C–C–N with tert-alkyl or cyclic N) is 1. The first-order valence-electron chi connectivity index (χ1n) is 6.14. The molecule has 2 aliphatic rings. The van der Waals surface area contributed by atoms with Crippen LogP contribution in [-0.4, -0.2) is 53.2 Å². The normalized spacial score (nSPS) is 31.1. The van der Waals surface area contributed by atoms with Crippen LogP contribution in [0.15, 0.2) is 0 Å². The Morgan fingerprint density at radius 2 is 2.00 bits per heavy atom. The summed E-state index contributed by atoms with van der Waals surface area (Å²) in [4.78, 5) is 15.7. The zero-order chi connectivity index (χ0) is 11.9. The number of aliphatic hydroxyl groups is 1. The summed E-state index contributed by atoms with van der Waals surface area (Å²) in [5.74, 6) is 0.604. The van der Waals surface area contributed by atoms with Crippen molar-refractivity contribution in [3.8, 4) is 0 Å². The number of hydrogen-bond donors (Lipinski definition) is 1. The van der Waals surface area contributed by atoms with Gasteiger partial charge in [0.2, 0.25) is 0 Å². The standard InChI is InChI=1S/C12H22N2O2/c1-9(2)12(3)4-5-13(8-12)11(16)14-6-10(15)7-14/h9-10,15H,4-8H2,1-3H3/t12-/m1/s1. The van der Waals surface area contributed by atoms with Crippen LogP contribution in [0.4, 0.5) is 4.79 Å². The van der Waals surface area contributed by atoms with E-state index in [-0.39, 0.29) is 17.6 Å². The van der Waals surface area contributed by atoms with Gasteiger partial charge in [-0.3, -0.25) is 0 Å². The Labute approximate surface area is 97.2 Å². The van der Waals surface area contributed by atoms with Crippen molar-refractivity contribution in [3.63, 3.8) is 0 Å². The second-order valence-electron chi connectivity index (χ2n) is 5.82. The van der Waals surface area contributed by atoms with Crippen molar-refractivity contribution in [2.24, 2.45) is 11.3 Å². The van der Waals surface area contributed by atoms with E-state index in [0.717, 1.165) is 19.5 Å². The lowest BCUT2D eigenvalue weighted by Gasteiger charge is -2.39. The summed E-state index contributed by atoms with van der Waals surface area (Å²) in [6.45, 7) is 9.44. The van der Waals surface area contributed by atoms with Crippen LogP contribution in [0.1, 0.15) is 27.2 Å². The van der Waals surface area contributed by atoms with Gasteiger partial charge in [0.25, 0.3) is 0 Å². The van der Waals surface area contributed by atoms with Gasteiger partial charge in [-0.05, 0) is 17.8 Å². The molecule has 2 amide bonds. The maximum atomic E-state index is 12.0. The van der Waals surface area contributed by atoms with Gasteiger partial charge in [-0.1, -0.05) is 20.8 Å². The van der Waals surface area contributed by atoms with Gasteiger partial charge in [-0.2, -0.15) is 0 Å². The molecule has 1 atom stereocenters. The molecule has 0 spiro atoms. The molecule has 4 nitrogen and oxygen atoms in total. The minimum Gasteiger partial charge on any atom is -0.389 e. The molecule has 92 valence electrons. The number of hydrogen-bond acceptors (Lipinski definition) is 2. The third kappa shape index (κ3) is 1.90. The van der Waals surface area contributed by atoms with Crippen LogP contribution < -0.4 is 0 Å². The molecule has 2 heterocycles. The monoisotopic (exact) mass is 226 g/mol. The molecule has 2 aliphatic heterocycles. The molecular weight excluding hydrogens is 204 g/mol. The lowest BCUT2D eigenvalue weighted by molar-refractivity contribution is 0.0158. The minimum atomic E-state index is -0.303. The molecule has 2 rings (SSSR count). The number of aliphatic hydroxyl groups excluding tert-OH is 1. The molecular formula is C12H22N2O2. The Morgan fingerprint density at radius 3 is 2.44 bits per heavy atom. The largest absolute Gasteiger partial charge is 0.389 e. The summed E-state index contributed by atoms with van der Waals surface area (Å²) < 4.78 is 0. The van der Waals surface area contributed by atoms with Crippen LogP contribution in [0, 0.1) is 11.3 Å². The molecule has 0 aliphatic carbocycles. The van der Waals surface area contributed by atoms with Crippen LogP contribution in [-0.2, 0) is 0 Å². The second-order valence-corrected chi connectivity index (χ2v) is 5.82. The van der Waals surface area contributed by atoms with Crippen molar-refractivity contribution < 1.29 is 9.90 Å². The van der Waals surface area contributed by atoms with E-state index in [1.165, 1.54) is 0 Å². The third-order valence-electron chi connectivity index (χ3n) is 4.30. The van der Waals surface area contributed by atoms with Gasteiger partial charge in [0.1, 0.15) is 0 Å². The van der Waals surface area contributed by atoms with E-state index in [1.54, 1.807) is 4.90 Å². The minimum absolute atomic E-state index is 0.106. The Balaban J connectivity index is 1.91. The number of carbonyl (C=O) groups is 1. The van der Waals surface area contributed by atoms with Crippen molar-refractivity contribution in [2.75, 3.05) is 26.2 Å². The SMILES string of the molecule is CC(C)[C@]1(C)CCN(C(=O)N2CC(O)C2)C1. The first-order chi connectivity index (χ1) is 7.42. The van der Waals surface area contributed by atoms with E-state index < -0.39 is 0 Å². The highest BCUT2D eigenvalue weighted by atomic mass is 16.3.